The molecule has 3 nitrogen and oxygen atoms in total. The van der Waals surface area contributed by atoms with Crippen LogP contribution in [0.4, 0.5) is 0 Å². The first-order valence-electron chi connectivity index (χ1n) is 5.08. The Morgan fingerprint density at radius 2 is 2.27 bits per heavy atom. The minimum absolute atomic E-state index is 0.0209. The van der Waals surface area contributed by atoms with Gasteiger partial charge < -0.3 is 9.84 Å². The van der Waals surface area contributed by atoms with Crippen LogP contribution in [0, 0.1) is 5.92 Å². The van der Waals surface area contributed by atoms with Crippen LogP contribution in [-0.2, 0) is 16.1 Å². The molecule has 0 aromatic heterocycles. The van der Waals surface area contributed by atoms with Gasteiger partial charge in [-0.2, -0.15) is 0 Å². The summed E-state index contributed by atoms with van der Waals surface area (Å²) in [5, 5.41) is 9.00. The zero-order valence-electron chi connectivity index (χ0n) is 8.64. The van der Waals surface area contributed by atoms with Crippen LogP contribution < -0.4 is 0 Å². The van der Waals surface area contributed by atoms with Crippen LogP contribution in [0.2, 0.25) is 0 Å². The maximum absolute atomic E-state index is 11.0. The Balaban J connectivity index is 2.33. The summed E-state index contributed by atoms with van der Waals surface area (Å²) in [4.78, 5) is 11.0. The number of rotatable bonds is 2. The third-order valence-corrected chi connectivity index (χ3v) is 3.00. The Labute approximate surface area is 88.7 Å². The molecule has 0 fully saturated rings. The van der Waals surface area contributed by atoms with Gasteiger partial charge >= 0.3 is 5.97 Å². The second-order valence-electron chi connectivity index (χ2n) is 3.95. The topological polar surface area (TPSA) is 46.5 Å². The molecular weight excluding hydrogens is 192 g/mol. The molecule has 1 N–H and O–H groups in total. The highest BCUT2D eigenvalue weighted by atomic mass is 16.5. The fourth-order valence-electron chi connectivity index (χ4n) is 2.00. The summed E-state index contributed by atoms with van der Waals surface area (Å²) in [5.41, 5.74) is 2.24. The minimum atomic E-state index is -0.764. The number of ether oxygens (including phenoxy) is 1. The van der Waals surface area contributed by atoms with Crippen molar-refractivity contribution >= 4 is 5.97 Å². The van der Waals surface area contributed by atoms with Gasteiger partial charge in [0, 0.05) is 5.92 Å². The van der Waals surface area contributed by atoms with Crippen molar-refractivity contribution in [2.24, 2.45) is 5.92 Å². The molecule has 0 bridgehead atoms. The number of benzene rings is 1. The van der Waals surface area contributed by atoms with E-state index >= 15 is 0 Å². The van der Waals surface area contributed by atoms with Crippen LogP contribution in [0.1, 0.15) is 24.0 Å². The van der Waals surface area contributed by atoms with Crippen molar-refractivity contribution in [3.8, 4) is 0 Å². The molecule has 1 aliphatic rings. The van der Waals surface area contributed by atoms with E-state index in [1.54, 1.807) is 6.92 Å². The average molecular weight is 206 g/mol. The number of carbonyl (C=O) groups is 1. The molecule has 1 aliphatic heterocycles. The van der Waals surface area contributed by atoms with Crippen molar-refractivity contribution in [3.05, 3.63) is 35.4 Å². The largest absolute Gasteiger partial charge is 0.481 e. The van der Waals surface area contributed by atoms with Crippen LogP contribution in [0.25, 0.3) is 0 Å². The van der Waals surface area contributed by atoms with Crippen LogP contribution in [0.3, 0.4) is 0 Å². The van der Waals surface area contributed by atoms with Crippen LogP contribution >= 0.6 is 0 Å². The van der Waals surface area contributed by atoms with Crippen LogP contribution in [0.5, 0.6) is 0 Å². The second kappa shape index (κ2) is 4.03. The van der Waals surface area contributed by atoms with Crippen molar-refractivity contribution in [1.29, 1.82) is 0 Å². The average Bonchev–Trinajstić information content (AvgIpc) is 2.27. The molecule has 1 aromatic carbocycles. The predicted molar refractivity (Wildman–Crippen MR) is 55.6 cm³/mol. The van der Waals surface area contributed by atoms with Gasteiger partial charge in [0.1, 0.15) is 0 Å². The van der Waals surface area contributed by atoms with Crippen LogP contribution in [0.15, 0.2) is 24.3 Å². The van der Waals surface area contributed by atoms with Gasteiger partial charge in [0.05, 0.1) is 19.1 Å². The summed E-state index contributed by atoms with van der Waals surface area (Å²) in [6, 6.07) is 7.90. The first kappa shape index (κ1) is 10.2. The van der Waals surface area contributed by atoms with E-state index in [2.05, 4.69) is 0 Å². The first-order chi connectivity index (χ1) is 7.20. The molecule has 0 saturated carbocycles. The van der Waals surface area contributed by atoms with Crippen molar-refractivity contribution in [2.75, 3.05) is 6.61 Å². The zero-order chi connectivity index (χ0) is 10.8. The Morgan fingerprint density at radius 1 is 1.53 bits per heavy atom. The van der Waals surface area contributed by atoms with E-state index in [9.17, 15) is 4.79 Å². The van der Waals surface area contributed by atoms with Crippen molar-refractivity contribution in [2.45, 2.75) is 19.4 Å². The van der Waals surface area contributed by atoms with Gasteiger partial charge in [0.2, 0.25) is 0 Å². The standard InChI is InChI=1S/C12H14O3/c1-8(12(13)14)11-7-15-6-9-4-2-3-5-10(9)11/h2-5,8,11H,6-7H2,1H3,(H,13,14). The molecule has 1 heterocycles. The minimum Gasteiger partial charge on any atom is -0.481 e. The molecule has 0 aliphatic carbocycles. The monoisotopic (exact) mass is 206 g/mol. The molecule has 2 rings (SSSR count). The van der Waals surface area contributed by atoms with E-state index in [0.717, 1.165) is 11.1 Å². The number of carboxylic acids is 1. The maximum atomic E-state index is 11.0. The Bertz CT molecular complexity index is 373. The van der Waals surface area contributed by atoms with E-state index in [1.807, 2.05) is 24.3 Å². The predicted octanol–water partition coefficient (Wildman–Crippen LogP) is 2.02. The molecule has 3 heteroatoms. The summed E-state index contributed by atoms with van der Waals surface area (Å²) in [6.07, 6.45) is 0. The van der Waals surface area contributed by atoms with E-state index in [1.165, 1.54) is 0 Å². The summed E-state index contributed by atoms with van der Waals surface area (Å²) >= 11 is 0. The number of hydrogen-bond acceptors (Lipinski definition) is 2. The summed E-state index contributed by atoms with van der Waals surface area (Å²) in [7, 11) is 0. The normalized spacial score (nSPS) is 21.8. The first-order valence-corrected chi connectivity index (χ1v) is 5.08. The van der Waals surface area contributed by atoms with Crippen molar-refractivity contribution in [3.63, 3.8) is 0 Å². The highest BCUT2D eigenvalue weighted by Crippen LogP contribution is 2.32. The third-order valence-electron chi connectivity index (χ3n) is 3.00. The fourth-order valence-corrected chi connectivity index (χ4v) is 2.00. The second-order valence-corrected chi connectivity index (χ2v) is 3.95. The van der Waals surface area contributed by atoms with Gasteiger partial charge in [0.15, 0.2) is 0 Å². The Hall–Kier alpha value is -1.35. The highest BCUT2D eigenvalue weighted by Gasteiger charge is 2.29. The fraction of sp³-hybridized carbons (Fsp3) is 0.417. The summed E-state index contributed by atoms with van der Waals surface area (Å²) in [5.74, 6) is -1.18. The quantitative estimate of drug-likeness (QED) is 0.805. The molecule has 2 atom stereocenters. The zero-order valence-corrected chi connectivity index (χ0v) is 8.64. The van der Waals surface area contributed by atoms with Gasteiger partial charge in [0.25, 0.3) is 0 Å². The van der Waals surface area contributed by atoms with Gasteiger partial charge in [-0.15, -0.1) is 0 Å². The van der Waals surface area contributed by atoms with Crippen LogP contribution in [-0.4, -0.2) is 17.7 Å². The third kappa shape index (κ3) is 1.88. The molecule has 15 heavy (non-hydrogen) atoms. The smallest absolute Gasteiger partial charge is 0.306 e. The molecule has 1 aromatic rings. The highest BCUT2D eigenvalue weighted by molar-refractivity contribution is 5.71. The molecule has 80 valence electrons. The summed E-state index contributed by atoms with van der Waals surface area (Å²) in [6.45, 7) is 2.84. The number of carboxylic acid groups (broad SMARTS) is 1. The van der Waals surface area contributed by atoms with E-state index in [4.69, 9.17) is 9.84 Å². The molecule has 2 unspecified atom stereocenters. The van der Waals surface area contributed by atoms with E-state index < -0.39 is 11.9 Å². The molecule has 0 saturated heterocycles. The maximum Gasteiger partial charge on any atom is 0.306 e. The van der Waals surface area contributed by atoms with E-state index in [0.29, 0.717) is 13.2 Å². The lowest BCUT2D eigenvalue weighted by molar-refractivity contribution is -0.142. The molecule has 0 amide bonds. The van der Waals surface area contributed by atoms with Crippen molar-refractivity contribution in [1.82, 2.24) is 0 Å². The van der Waals surface area contributed by atoms with Gasteiger partial charge in [-0.25, -0.2) is 0 Å². The SMILES string of the molecule is CC(C(=O)O)C1COCc2ccccc21. The lowest BCUT2D eigenvalue weighted by Gasteiger charge is -2.28. The lowest BCUT2D eigenvalue weighted by atomic mass is 9.84. The number of fused-ring (bicyclic) bond motifs is 1. The molecule has 0 radical (unpaired) electrons. The van der Waals surface area contributed by atoms with E-state index in [-0.39, 0.29) is 5.92 Å². The molecule has 0 spiro atoms. The number of hydrogen-bond donors (Lipinski definition) is 1. The summed E-state index contributed by atoms with van der Waals surface area (Å²) < 4.78 is 5.42. The number of aliphatic carboxylic acids is 1. The van der Waals surface area contributed by atoms with Crippen molar-refractivity contribution < 1.29 is 14.6 Å². The van der Waals surface area contributed by atoms with Gasteiger partial charge in [-0.3, -0.25) is 4.79 Å². The Kier molecular flexibility index (Phi) is 2.73. The van der Waals surface area contributed by atoms with Gasteiger partial charge in [-0.05, 0) is 11.1 Å². The Morgan fingerprint density at radius 3 is 3.00 bits per heavy atom. The van der Waals surface area contributed by atoms with Gasteiger partial charge in [-0.1, -0.05) is 31.2 Å². The molecular formula is C12H14O3. The lowest BCUT2D eigenvalue weighted by Crippen LogP contribution is -2.27.